The number of β-lactam (4-membered cyclic amide) rings is 1. The average molecular weight is 418 g/mol. The Morgan fingerprint density at radius 3 is 2.81 bits per heavy atom. The third-order valence-corrected chi connectivity index (χ3v) is 4.25. The van der Waals surface area contributed by atoms with Gasteiger partial charge in [-0.1, -0.05) is 12.1 Å². The van der Waals surface area contributed by atoms with Crippen LogP contribution in [0.4, 0.5) is 5.13 Å². The third-order valence-electron chi connectivity index (χ3n) is 3.25. The van der Waals surface area contributed by atoms with Crippen molar-refractivity contribution in [3.8, 4) is 0 Å². The van der Waals surface area contributed by atoms with Crippen molar-refractivity contribution in [2.24, 2.45) is 5.16 Å². The maximum atomic E-state index is 12.5. The molecule has 13 heteroatoms. The van der Waals surface area contributed by atoms with E-state index in [0.717, 1.165) is 11.3 Å². The van der Waals surface area contributed by atoms with Gasteiger partial charge in [0.15, 0.2) is 16.9 Å². The summed E-state index contributed by atoms with van der Waals surface area (Å²) < 4.78 is 0. The van der Waals surface area contributed by atoms with E-state index in [1.54, 1.807) is 0 Å². The molecule has 1 aliphatic rings. The summed E-state index contributed by atoms with van der Waals surface area (Å²) in [5.74, 6) is -3.47. The quantitative estimate of drug-likeness (QED) is 0.139. The fourth-order valence-corrected chi connectivity index (χ4v) is 2.72. The Kier molecular flexibility index (Phi) is 7.07. The number of alkyl halides is 1. The van der Waals surface area contributed by atoms with E-state index in [-0.39, 0.29) is 29.0 Å². The molecule has 0 aromatic carbocycles. The zero-order valence-electron chi connectivity index (χ0n) is 14.0. The molecule has 27 heavy (non-hydrogen) atoms. The first-order valence-electron chi connectivity index (χ1n) is 7.73. The van der Waals surface area contributed by atoms with Crippen LogP contribution in [0.15, 0.2) is 10.5 Å². The van der Waals surface area contributed by atoms with Gasteiger partial charge in [-0.05, 0) is 6.42 Å². The van der Waals surface area contributed by atoms with E-state index in [9.17, 15) is 19.2 Å². The molecular weight excluding hydrogens is 402 g/mol. The minimum atomic E-state index is -1.28. The molecule has 0 bridgehead atoms. The number of hydrogen-bond donors (Lipinski definition) is 4. The molecule has 1 fully saturated rings. The molecule has 2 atom stereocenters. The number of rotatable bonds is 9. The van der Waals surface area contributed by atoms with Crippen LogP contribution in [0, 0.1) is 0 Å². The topological polar surface area (TPSA) is 159 Å². The summed E-state index contributed by atoms with van der Waals surface area (Å²) in [7, 11) is 0. The molecule has 1 aromatic heterocycles. The van der Waals surface area contributed by atoms with Crippen LogP contribution < -0.4 is 16.0 Å². The number of aliphatic carboxylic acids is 1. The minimum Gasteiger partial charge on any atom is -0.480 e. The van der Waals surface area contributed by atoms with Crippen molar-refractivity contribution in [3.63, 3.8) is 0 Å². The van der Waals surface area contributed by atoms with Gasteiger partial charge in [-0.2, -0.15) is 0 Å². The van der Waals surface area contributed by atoms with Crippen LogP contribution >= 0.6 is 22.9 Å². The first-order valence-corrected chi connectivity index (χ1v) is 9.14. The van der Waals surface area contributed by atoms with E-state index in [0.29, 0.717) is 6.42 Å². The van der Waals surface area contributed by atoms with Crippen LogP contribution in [0.3, 0.4) is 0 Å². The largest absolute Gasteiger partial charge is 0.480 e. The second-order valence-corrected chi connectivity index (χ2v) is 6.39. The summed E-state index contributed by atoms with van der Waals surface area (Å²) >= 11 is 6.44. The smallest absolute Gasteiger partial charge is 0.328 e. The number of carboxylic acids is 1. The van der Waals surface area contributed by atoms with Gasteiger partial charge in [0.1, 0.15) is 24.2 Å². The zero-order chi connectivity index (χ0) is 20.0. The molecule has 2 rings (SSSR count). The Hall–Kier alpha value is -2.73. The van der Waals surface area contributed by atoms with E-state index in [4.69, 9.17) is 21.5 Å². The molecule has 0 saturated carbocycles. The molecule has 0 radical (unpaired) electrons. The predicted octanol–water partition coefficient (Wildman–Crippen LogP) is -0.481. The lowest BCUT2D eigenvalue weighted by atomic mass is 9.99. The summed E-state index contributed by atoms with van der Waals surface area (Å²) in [6.45, 7) is 2.08. The second-order valence-electron chi connectivity index (χ2n) is 5.27. The van der Waals surface area contributed by atoms with Gasteiger partial charge < -0.3 is 25.9 Å². The molecule has 2 unspecified atom stereocenters. The van der Waals surface area contributed by atoms with Gasteiger partial charge in [-0.3, -0.25) is 14.4 Å². The monoisotopic (exact) mass is 417 g/mol. The highest BCUT2D eigenvalue weighted by Gasteiger charge is 2.45. The van der Waals surface area contributed by atoms with Crippen LogP contribution in [-0.2, 0) is 24.0 Å². The molecule has 0 spiro atoms. The summed E-state index contributed by atoms with van der Waals surface area (Å²) in [6, 6.07) is -2.46. The van der Waals surface area contributed by atoms with Crippen LogP contribution in [0.25, 0.3) is 0 Å². The molecular formula is C14H16ClN5O6S. The van der Waals surface area contributed by atoms with Crippen molar-refractivity contribution in [3.05, 3.63) is 11.1 Å². The fourth-order valence-electron chi connectivity index (χ4n) is 1.94. The van der Waals surface area contributed by atoms with Crippen molar-refractivity contribution in [1.82, 2.24) is 15.6 Å². The maximum absolute atomic E-state index is 12.5. The van der Waals surface area contributed by atoms with Crippen molar-refractivity contribution >= 4 is 57.5 Å². The number of halogens is 1. The Morgan fingerprint density at radius 1 is 1.48 bits per heavy atom. The Balaban J connectivity index is 2.17. The van der Waals surface area contributed by atoms with E-state index < -0.39 is 35.8 Å². The molecule has 1 aliphatic heterocycles. The predicted molar refractivity (Wildman–Crippen MR) is 95.7 cm³/mol. The zero-order valence-corrected chi connectivity index (χ0v) is 15.6. The van der Waals surface area contributed by atoms with Crippen LogP contribution in [0.2, 0.25) is 0 Å². The molecule has 146 valence electrons. The van der Waals surface area contributed by atoms with E-state index in [1.807, 2.05) is 6.92 Å². The highest BCUT2D eigenvalue weighted by molar-refractivity contribution is 7.14. The molecule has 3 amide bonds. The number of aromatic nitrogens is 1. The van der Waals surface area contributed by atoms with Gasteiger partial charge in [0.05, 0.1) is 0 Å². The van der Waals surface area contributed by atoms with Crippen LogP contribution in [0.5, 0.6) is 0 Å². The highest BCUT2D eigenvalue weighted by Crippen LogP contribution is 2.17. The van der Waals surface area contributed by atoms with Gasteiger partial charge in [0, 0.05) is 5.38 Å². The fraction of sp³-hybridized carbons (Fsp3) is 0.429. The first kappa shape index (κ1) is 20.6. The van der Waals surface area contributed by atoms with E-state index in [2.05, 4.69) is 26.1 Å². The number of carboxylic acid groups (broad SMARTS) is 1. The number of amides is 3. The number of hydrogen-bond acceptors (Lipinski definition) is 8. The molecule has 4 N–H and O–H groups in total. The Morgan fingerprint density at radius 2 is 2.22 bits per heavy atom. The van der Waals surface area contributed by atoms with Gasteiger partial charge >= 0.3 is 5.97 Å². The van der Waals surface area contributed by atoms with E-state index in [1.165, 1.54) is 5.38 Å². The second kappa shape index (κ2) is 9.28. The number of oxime groups is 1. The molecule has 1 saturated heterocycles. The van der Waals surface area contributed by atoms with Crippen molar-refractivity contribution in [2.75, 3.05) is 17.8 Å². The lowest BCUT2D eigenvalue weighted by molar-refractivity contribution is -0.151. The lowest BCUT2D eigenvalue weighted by Gasteiger charge is -2.33. The Labute approximate surface area is 162 Å². The molecule has 0 aliphatic carbocycles. The van der Waals surface area contributed by atoms with Gasteiger partial charge in [-0.25, -0.2) is 9.78 Å². The number of carbonyl (C=O) groups is 4. The summed E-state index contributed by atoms with van der Waals surface area (Å²) in [6.07, 6.45) is 0.638. The average Bonchev–Trinajstić information content (AvgIpc) is 3.08. The highest BCUT2D eigenvalue weighted by atomic mass is 35.5. The van der Waals surface area contributed by atoms with E-state index >= 15 is 0 Å². The molecule has 11 nitrogen and oxygen atoms in total. The number of anilines is 1. The third kappa shape index (κ3) is 5.14. The number of thiazole rings is 1. The van der Waals surface area contributed by atoms with Gasteiger partial charge in [0.25, 0.3) is 5.91 Å². The van der Waals surface area contributed by atoms with Crippen LogP contribution in [-0.4, -0.2) is 64.1 Å². The van der Waals surface area contributed by atoms with Crippen molar-refractivity contribution in [2.45, 2.75) is 25.4 Å². The summed E-state index contributed by atoms with van der Waals surface area (Å²) in [4.78, 5) is 55.5. The van der Waals surface area contributed by atoms with Gasteiger partial charge in [0.2, 0.25) is 11.8 Å². The van der Waals surface area contributed by atoms with Crippen molar-refractivity contribution < 1.29 is 29.1 Å². The maximum Gasteiger partial charge on any atom is 0.328 e. The SMILES string of the molecule is CCCON=C(C(=O)NC1C(=O)NC1C(=O)O)c1csc(NC(=O)CCl)n1. The molecule has 2 heterocycles. The molecule has 1 aromatic rings. The summed E-state index contributed by atoms with van der Waals surface area (Å²) in [5, 5.41) is 21.3. The normalized spacial score (nSPS) is 18.9. The minimum absolute atomic E-state index is 0.0880. The number of nitrogens with zero attached hydrogens (tertiary/aromatic N) is 2. The standard InChI is InChI=1S/C14H16ClN5O6S/c1-2-3-26-20-8(6-5-27-14(16-6)17-7(21)4-15)11(22)18-9-10(13(24)25)19-12(9)23/h5,9-10H,2-4H2,1H3,(H,18,22)(H,19,23)(H,24,25)(H,16,17,21). The van der Waals surface area contributed by atoms with Crippen molar-refractivity contribution in [1.29, 1.82) is 0 Å². The number of carbonyl (C=O) groups excluding carboxylic acids is 3. The Bertz CT molecular complexity index is 782. The summed E-state index contributed by atoms with van der Waals surface area (Å²) in [5.41, 5.74) is -0.167. The van der Waals surface area contributed by atoms with Gasteiger partial charge in [-0.15, -0.1) is 22.9 Å². The first-order chi connectivity index (χ1) is 12.9. The number of nitrogens with one attached hydrogen (secondary N) is 3. The van der Waals surface area contributed by atoms with Crippen LogP contribution in [0.1, 0.15) is 19.0 Å². The lowest BCUT2D eigenvalue weighted by Crippen LogP contribution is -2.72.